The maximum Gasteiger partial charge on any atom is 0.255 e. The lowest BCUT2D eigenvalue weighted by molar-refractivity contribution is 0.0799. The number of carbonyl (C=O) groups is 1. The van der Waals surface area contributed by atoms with E-state index in [1.54, 1.807) is 31.4 Å². The van der Waals surface area contributed by atoms with E-state index in [1.807, 2.05) is 12.1 Å². The van der Waals surface area contributed by atoms with Gasteiger partial charge in [-0.2, -0.15) is 5.26 Å². The lowest BCUT2D eigenvalue weighted by Gasteiger charge is -2.16. The van der Waals surface area contributed by atoms with E-state index in [9.17, 15) is 4.79 Å². The Morgan fingerprint density at radius 2 is 2.32 bits per heavy atom. The van der Waals surface area contributed by atoms with Crippen LogP contribution in [-0.2, 0) is 0 Å². The highest BCUT2D eigenvalue weighted by atomic mass is 35.5. The third-order valence-corrected chi connectivity index (χ3v) is 3.02. The van der Waals surface area contributed by atoms with Crippen LogP contribution in [0.25, 0.3) is 10.9 Å². The van der Waals surface area contributed by atoms with Gasteiger partial charge in [0.15, 0.2) is 0 Å². The molecule has 0 radical (unpaired) electrons. The van der Waals surface area contributed by atoms with E-state index >= 15 is 0 Å². The van der Waals surface area contributed by atoms with E-state index in [1.165, 1.54) is 4.90 Å². The monoisotopic (exact) mass is 273 g/mol. The Kier molecular flexibility index (Phi) is 3.98. The molecule has 0 N–H and O–H groups in total. The van der Waals surface area contributed by atoms with Crippen LogP contribution in [0.15, 0.2) is 30.5 Å². The van der Waals surface area contributed by atoms with Crippen molar-refractivity contribution in [3.8, 4) is 6.07 Å². The van der Waals surface area contributed by atoms with Crippen LogP contribution in [0.1, 0.15) is 16.8 Å². The van der Waals surface area contributed by atoms with Crippen molar-refractivity contribution in [1.29, 1.82) is 5.26 Å². The zero-order valence-corrected chi connectivity index (χ0v) is 11.2. The summed E-state index contributed by atoms with van der Waals surface area (Å²) in [7, 11) is 1.66. The molecule has 0 unspecified atom stereocenters. The molecule has 0 atom stereocenters. The topological polar surface area (TPSA) is 57.0 Å². The van der Waals surface area contributed by atoms with Crippen molar-refractivity contribution in [1.82, 2.24) is 9.88 Å². The van der Waals surface area contributed by atoms with Crippen LogP contribution < -0.4 is 0 Å². The first-order valence-electron chi connectivity index (χ1n) is 5.80. The van der Waals surface area contributed by atoms with Crippen molar-refractivity contribution >= 4 is 28.4 Å². The van der Waals surface area contributed by atoms with Crippen molar-refractivity contribution in [3.63, 3.8) is 0 Å². The average Bonchev–Trinajstić information content (AvgIpc) is 2.42. The second-order valence-corrected chi connectivity index (χ2v) is 4.60. The molecular weight excluding hydrogens is 262 g/mol. The molecule has 0 saturated heterocycles. The summed E-state index contributed by atoms with van der Waals surface area (Å²) in [5.74, 6) is -0.179. The highest BCUT2D eigenvalue weighted by molar-refractivity contribution is 6.32. The number of nitriles is 1. The van der Waals surface area contributed by atoms with Gasteiger partial charge in [-0.25, -0.2) is 0 Å². The first-order valence-corrected chi connectivity index (χ1v) is 6.18. The molecule has 19 heavy (non-hydrogen) atoms. The van der Waals surface area contributed by atoms with Crippen molar-refractivity contribution in [2.45, 2.75) is 6.42 Å². The van der Waals surface area contributed by atoms with Gasteiger partial charge >= 0.3 is 0 Å². The zero-order valence-electron chi connectivity index (χ0n) is 10.4. The second-order valence-electron chi connectivity index (χ2n) is 4.16. The van der Waals surface area contributed by atoms with Gasteiger partial charge in [-0.05, 0) is 18.2 Å². The first-order chi connectivity index (χ1) is 9.13. The third-order valence-electron chi connectivity index (χ3n) is 2.81. The predicted molar refractivity (Wildman–Crippen MR) is 73.9 cm³/mol. The molecule has 96 valence electrons. The van der Waals surface area contributed by atoms with Gasteiger partial charge in [0.1, 0.15) is 0 Å². The van der Waals surface area contributed by atoms with Crippen LogP contribution in [0.2, 0.25) is 5.02 Å². The maximum atomic E-state index is 12.3. The fourth-order valence-electron chi connectivity index (χ4n) is 1.84. The van der Waals surface area contributed by atoms with Crippen LogP contribution in [-0.4, -0.2) is 29.4 Å². The summed E-state index contributed by atoms with van der Waals surface area (Å²) in [5, 5.41) is 9.89. The fraction of sp³-hybridized carbons (Fsp3) is 0.214. The summed E-state index contributed by atoms with van der Waals surface area (Å²) < 4.78 is 0. The zero-order chi connectivity index (χ0) is 13.8. The minimum Gasteiger partial charge on any atom is -0.341 e. The van der Waals surface area contributed by atoms with E-state index < -0.39 is 0 Å². The number of hydrogen-bond donors (Lipinski definition) is 0. The number of hydrogen-bond acceptors (Lipinski definition) is 3. The van der Waals surface area contributed by atoms with E-state index in [4.69, 9.17) is 16.9 Å². The highest BCUT2D eigenvalue weighted by Gasteiger charge is 2.16. The Morgan fingerprint density at radius 1 is 1.53 bits per heavy atom. The first kappa shape index (κ1) is 13.3. The lowest BCUT2D eigenvalue weighted by atomic mass is 10.1. The second kappa shape index (κ2) is 5.68. The number of rotatable bonds is 3. The third kappa shape index (κ3) is 2.83. The molecule has 0 bridgehead atoms. The van der Waals surface area contributed by atoms with Crippen LogP contribution in [0.4, 0.5) is 0 Å². The van der Waals surface area contributed by atoms with Crippen molar-refractivity contribution in [3.05, 3.63) is 41.0 Å². The molecule has 2 aromatic rings. The summed E-state index contributed by atoms with van der Waals surface area (Å²) in [4.78, 5) is 18.1. The molecule has 0 spiro atoms. The molecule has 0 aliphatic rings. The van der Waals surface area contributed by atoms with Gasteiger partial charge in [0.25, 0.3) is 5.91 Å². The molecule has 2 rings (SSSR count). The number of carbonyl (C=O) groups excluding carboxylic acids is 1. The molecule has 0 aliphatic carbocycles. The minimum atomic E-state index is -0.179. The minimum absolute atomic E-state index is 0.179. The number of aromatic nitrogens is 1. The maximum absolute atomic E-state index is 12.3. The number of pyridine rings is 1. The quantitative estimate of drug-likeness (QED) is 0.864. The summed E-state index contributed by atoms with van der Waals surface area (Å²) >= 11 is 6.03. The number of benzene rings is 1. The fourth-order valence-corrected chi connectivity index (χ4v) is 2.07. The Balaban J connectivity index is 2.44. The van der Waals surface area contributed by atoms with Gasteiger partial charge in [-0.3, -0.25) is 9.78 Å². The summed E-state index contributed by atoms with van der Waals surface area (Å²) in [6.07, 6.45) is 1.94. The SMILES string of the molecule is CN(CCC#N)C(=O)c1cc(Cl)cc2cccnc12. The molecule has 4 nitrogen and oxygen atoms in total. The van der Waals surface area contributed by atoms with E-state index in [2.05, 4.69) is 4.98 Å². The average molecular weight is 274 g/mol. The molecule has 0 fully saturated rings. The van der Waals surface area contributed by atoms with E-state index in [-0.39, 0.29) is 5.91 Å². The Morgan fingerprint density at radius 3 is 3.05 bits per heavy atom. The lowest BCUT2D eigenvalue weighted by Crippen LogP contribution is -2.27. The van der Waals surface area contributed by atoms with Gasteiger partial charge in [0, 0.05) is 30.2 Å². The van der Waals surface area contributed by atoms with Gasteiger partial charge < -0.3 is 4.90 Å². The molecule has 1 aromatic carbocycles. The highest BCUT2D eigenvalue weighted by Crippen LogP contribution is 2.23. The molecular formula is C14H12ClN3O. The predicted octanol–water partition coefficient (Wildman–Crippen LogP) is 2.87. The van der Waals surface area contributed by atoms with Gasteiger partial charge in [-0.15, -0.1) is 0 Å². The standard InChI is InChI=1S/C14H12ClN3O/c1-18(7-3-5-16)14(19)12-9-11(15)8-10-4-2-6-17-13(10)12/h2,4,6,8-9H,3,7H2,1H3. The van der Waals surface area contributed by atoms with Crippen LogP contribution in [0.5, 0.6) is 0 Å². The number of amides is 1. The van der Waals surface area contributed by atoms with Gasteiger partial charge in [0.05, 0.1) is 23.6 Å². The van der Waals surface area contributed by atoms with Crippen LogP contribution >= 0.6 is 11.6 Å². The molecule has 1 aromatic heterocycles. The van der Waals surface area contributed by atoms with Gasteiger partial charge in [0.2, 0.25) is 0 Å². The Hall–Kier alpha value is -2.12. The van der Waals surface area contributed by atoms with E-state index in [0.29, 0.717) is 29.1 Å². The number of nitrogens with zero attached hydrogens (tertiary/aromatic N) is 3. The van der Waals surface area contributed by atoms with Crippen molar-refractivity contribution in [2.24, 2.45) is 0 Å². The largest absolute Gasteiger partial charge is 0.341 e. The smallest absolute Gasteiger partial charge is 0.255 e. The van der Waals surface area contributed by atoms with Gasteiger partial charge in [-0.1, -0.05) is 17.7 Å². The molecule has 0 aliphatic heterocycles. The Labute approximate surface area is 116 Å². The molecule has 5 heteroatoms. The molecule has 1 amide bonds. The van der Waals surface area contributed by atoms with Crippen molar-refractivity contribution < 1.29 is 4.79 Å². The number of fused-ring (bicyclic) bond motifs is 1. The van der Waals surface area contributed by atoms with Crippen LogP contribution in [0, 0.1) is 11.3 Å². The normalized spacial score (nSPS) is 10.2. The van der Waals surface area contributed by atoms with E-state index in [0.717, 1.165) is 5.39 Å². The summed E-state index contributed by atoms with van der Waals surface area (Å²) in [6.45, 7) is 0.385. The summed E-state index contributed by atoms with van der Waals surface area (Å²) in [5.41, 5.74) is 1.09. The summed E-state index contributed by atoms with van der Waals surface area (Å²) in [6, 6.07) is 9.06. The van der Waals surface area contributed by atoms with Crippen LogP contribution in [0.3, 0.4) is 0 Å². The Bertz CT molecular complexity index is 663. The molecule has 0 saturated carbocycles. The van der Waals surface area contributed by atoms with Crippen molar-refractivity contribution in [2.75, 3.05) is 13.6 Å². The molecule has 1 heterocycles. The number of halogens is 1.